The predicted octanol–water partition coefficient (Wildman–Crippen LogP) is 1.36. The van der Waals surface area contributed by atoms with Crippen LogP contribution < -0.4 is 16.0 Å². The second-order valence-electron chi connectivity index (χ2n) is 7.01. The number of rotatable bonds is 7. The normalized spacial score (nSPS) is 14.0. The van der Waals surface area contributed by atoms with Gasteiger partial charge in [-0.1, -0.05) is 12.1 Å². The second-order valence-corrected chi connectivity index (χ2v) is 8.97. The van der Waals surface area contributed by atoms with E-state index in [9.17, 15) is 13.2 Å². The van der Waals surface area contributed by atoms with E-state index < -0.39 is 9.84 Å². The zero-order valence-corrected chi connectivity index (χ0v) is 16.8. The summed E-state index contributed by atoms with van der Waals surface area (Å²) >= 11 is 0. The van der Waals surface area contributed by atoms with Gasteiger partial charge in [0.05, 0.1) is 6.42 Å². The highest BCUT2D eigenvalue weighted by molar-refractivity contribution is 7.90. The molecule has 3 aromatic rings. The van der Waals surface area contributed by atoms with Crippen LogP contribution in [0.2, 0.25) is 0 Å². The Kier molecular flexibility index (Phi) is 4.82. The van der Waals surface area contributed by atoms with E-state index in [1.165, 1.54) is 0 Å². The van der Waals surface area contributed by atoms with Crippen LogP contribution in [0.5, 0.6) is 0 Å². The maximum atomic E-state index is 12.1. The van der Waals surface area contributed by atoms with Crippen LogP contribution in [0.15, 0.2) is 29.3 Å². The van der Waals surface area contributed by atoms with Crippen molar-refractivity contribution in [2.45, 2.75) is 30.3 Å². The number of benzene rings is 1. The van der Waals surface area contributed by atoms with Crippen LogP contribution in [0.25, 0.3) is 11.0 Å². The van der Waals surface area contributed by atoms with Gasteiger partial charge >= 0.3 is 0 Å². The van der Waals surface area contributed by atoms with E-state index in [2.05, 4.69) is 36.1 Å². The average Bonchev–Trinajstić information content (AvgIpc) is 3.36. The Labute approximate surface area is 167 Å². The molecule has 2 aromatic heterocycles. The maximum absolute atomic E-state index is 12.1. The third-order valence-electron chi connectivity index (χ3n) is 4.50. The summed E-state index contributed by atoms with van der Waals surface area (Å²) in [5.41, 5.74) is 1.81. The lowest BCUT2D eigenvalue weighted by atomic mass is 10.1. The largest absolute Gasteiger partial charge is 0.367 e. The van der Waals surface area contributed by atoms with E-state index in [4.69, 9.17) is 0 Å². The number of hydrogen-bond acceptors (Lipinski definition) is 8. The monoisotopic (exact) mass is 415 g/mol. The number of hydrogen-bond donors (Lipinski definition) is 4. The first kappa shape index (κ1) is 19.1. The molecule has 1 aliphatic carbocycles. The molecule has 11 heteroatoms. The first-order chi connectivity index (χ1) is 13.8. The van der Waals surface area contributed by atoms with Crippen molar-refractivity contribution >= 4 is 44.2 Å². The van der Waals surface area contributed by atoms with Crippen LogP contribution in [0.4, 0.5) is 17.5 Å². The lowest BCUT2D eigenvalue weighted by Gasteiger charge is -2.10. The van der Waals surface area contributed by atoms with E-state index in [1.54, 1.807) is 7.05 Å². The Bertz CT molecular complexity index is 1190. The third kappa shape index (κ3) is 4.29. The molecule has 0 unspecified atom stereocenters. The van der Waals surface area contributed by atoms with Crippen molar-refractivity contribution in [2.75, 3.05) is 23.9 Å². The first-order valence-corrected chi connectivity index (χ1v) is 11.0. The molecule has 0 aliphatic heterocycles. The number of aromatic nitrogens is 4. The number of nitrogens with one attached hydrogen (secondary N) is 4. The van der Waals surface area contributed by atoms with E-state index in [0.717, 1.165) is 24.7 Å². The number of H-pyrrole nitrogens is 1. The van der Waals surface area contributed by atoms with Gasteiger partial charge in [-0.3, -0.25) is 9.89 Å². The van der Waals surface area contributed by atoms with Gasteiger partial charge in [0, 0.05) is 25.0 Å². The summed E-state index contributed by atoms with van der Waals surface area (Å²) in [6.07, 6.45) is 3.38. The van der Waals surface area contributed by atoms with Gasteiger partial charge in [0.25, 0.3) is 0 Å². The lowest BCUT2D eigenvalue weighted by molar-refractivity contribution is -0.119. The van der Waals surface area contributed by atoms with Gasteiger partial charge in [-0.05, 0) is 30.5 Å². The molecule has 0 spiro atoms. The van der Waals surface area contributed by atoms with E-state index in [1.807, 2.05) is 24.3 Å². The van der Waals surface area contributed by atoms with Crippen molar-refractivity contribution in [3.8, 4) is 0 Å². The predicted molar refractivity (Wildman–Crippen MR) is 109 cm³/mol. The quantitative estimate of drug-likeness (QED) is 0.453. The fourth-order valence-corrected chi connectivity index (χ4v) is 3.68. The molecule has 2 heterocycles. The summed E-state index contributed by atoms with van der Waals surface area (Å²) in [6.45, 7) is 0. The number of likely N-dealkylation sites (N-methyl/N-ethyl adjacent to an activating group) is 1. The summed E-state index contributed by atoms with van der Waals surface area (Å²) in [7, 11) is -1.92. The molecular formula is C18H21N7O3S. The van der Waals surface area contributed by atoms with Gasteiger partial charge < -0.3 is 16.0 Å². The molecule has 1 amide bonds. The minimum atomic E-state index is -3.51. The molecule has 1 saturated carbocycles. The summed E-state index contributed by atoms with van der Waals surface area (Å²) in [5, 5.41) is 15.9. The van der Waals surface area contributed by atoms with Crippen molar-refractivity contribution < 1.29 is 13.2 Å². The van der Waals surface area contributed by atoms with Crippen LogP contribution in [-0.2, 0) is 21.1 Å². The molecule has 4 N–H and O–H groups in total. The van der Waals surface area contributed by atoms with Gasteiger partial charge in [0.1, 0.15) is 11.2 Å². The Balaban J connectivity index is 1.70. The van der Waals surface area contributed by atoms with Crippen LogP contribution >= 0.6 is 0 Å². The summed E-state index contributed by atoms with van der Waals surface area (Å²) in [6, 6.07) is 7.62. The number of fused-ring (bicyclic) bond motifs is 1. The Hall–Kier alpha value is -3.21. The highest BCUT2D eigenvalue weighted by atomic mass is 32.2. The van der Waals surface area contributed by atoms with Crippen molar-refractivity contribution in [3.05, 3.63) is 29.8 Å². The number of nitrogens with zero attached hydrogens (tertiary/aromatic N) is 3. The number of sulfone groups is 1. The molecule has 4 rings (SSSR count). The van der Waals surface area contributed by atoms with E-state index in [0.29, 0.717) is 16.9 Å². The maximum Gasteiger partial charge on any atom is 0.231 e. The number of carbonyl (C=O) groups is 1. The SMILES string of the molecule is CNC(=O)Cc1cccc(Nc2nc(NC3CC3)c3c(S(C)(=O)=O)[nH]nc3n2)c1. The van der Waals surface area contributed by atoms with Gasteiger partial charge in [-0.25, -0.2) is 8.42 Å². The summed E-state index contributed by atoms with van der Waals surface area (Å²) < 4.78 is 24.2. The Morgan fingerprint density at radius 2 is 2.07 bits per heavy atom. The minimum Gasteiger partial charge on any atom is -0.367 e. The molecule has 0 saturated heterocycles. The van der Waals surface area contributed by atoms with Crippen molar-refractivity contribution in [1.82, 2.24) is 25.5 Å². The molecule has 29 heavy (non-hydrogen) atoms. The molecular weight excluding hydrogens is 394 g/mol. The first-order valence-electron chi connectivity index (χ1n) is 9.13. The molecule has 10 nitrogen and oxygen atoms in total. The smallest absolute Gasteiger partial charge is 0.231 e. The van der Waals surface area contributed by atoms with Crippen LogP contribution in [0, 0.1) is 0 Å². The van der Waals surface area contributed by atoms with E-state index in [-0.39, 0.29) is 35.0 Å². The zero-order chi connectivity index (χ0) is 20.6. The molecule has 152 valence electrons. The van der Waals surface area contributed by atoms with Crippen LogP contribution in [0.1, 0.15) is 18.4 Å². The van der Waals surface area contributed by atoms with Crippen LogP contribution in [-0.4, -0.2) is 53.8 Å². The number of amides is 1. The van der Waals surface area contributed by atoms with E-state index >= 15 is 0 Å². The summed E-state index contributed by atoms with van der Waals surface area (Å²) in [5.74, 6) is 0.626. The lowest BCUT2D eigenvalue weighted by Crippen LogP contribution is -2.19. The molecule has 1 aromatic carbocycles. The second kappa shape index (κ2) is 7.32. The number of carbonyl (C=O) groups excluding carboxylic acids is 1. The number of aromatic amines is 1. The molecule has 1 fully saturated rings. The molecule has 0 bridgehead atoms. The molecule has 0 radical (unpaired) electrons. The third-order valence-corrected chi connectivity index (χ3v) is 5.53. The average molecular weight is 415 g/mol. The zero-order valence-electron chi connectivity index (χ0n) is 16.0. The standard InChI is InChI=1S/C18H21N7O3S/c1-19-13(26)9-10-4-3-5-12(8-10)21-18-22-15(20-11-6-7-11)14-16(23-18)24-25-17(14)29(2,27)28/h3-5,8,11H,6-7,9H2,1-2H3,(H,19,26)(H3,20,21,22,23,24,25). The summed E-state index contributed by atoms with van der Waals surface area (Å²) in [4.78, 5) is 20.5. The van der Waals surface area contributed by atoms with Gasteiger partial charge in [-0.2, -0.15) is 15.1 Å². The topological polar surface area (TPSA) is 142 Å². The van der Waals surface area contributed by atoms with Gasteiger partial charge in [0.15, 0.2) is 20.5 Å². The molecule has 0 atom stereocenters. The minimum absolute atomic E-state index is 0.00484. The highest BCUT2D eigenvalue weighted by Gasteiger charge is 2.27. The highest BCUT2D eigenvalue weighted by Crippen LogP contribution is 2.32. The number of anilines is 3. The Morgan fingerprint density at radius 3 is 2.76 bits per heavy atom. The van der Waals surface area contributed by atoms with Crippen molar-refractivity contribution in [3.63, 3.8) is 0 Å². The van der Waals surface area contributed by atoms with Crippen LogP contribution in [0.3, 0.4) is 0 Å². The van der Waals surface area contributed by atoms with Crippen molar-refractivity contribution in [2.24, 2.45) is 0 Å². The van der Waals surface area contributed by atoms with Gasteiger partial charge in [0.2, 0.25) is 11.9 Å². The molecule has 1 aliphatic rings. The Morgan fingerprint density at radius 1 is 1.28 bits per heavy atom. The fourth-order valence-electron chi connectivity index (χ4n) is 2.91. The van der Waals surface area contributed by atoms with Crippen molar-refractivity contribution in [1.29, 1.82) is 0 Å². The fraction of sp³-hybridized carbons (Fsp3) is 0.333. The van der Waals surface area contributed by atoms with Gasteiger partial charge in [-0.15, -0.1) is 0 Å².